The fourth-order valence-corrected chi connectivity index (χ4v) is 3.39. The molecule has 4 atom stereocenters. The first kappa shape index (κ1) is 37.8. The zero-order valence-corrected chi connectivity index (χ0v) is 26.0. The fourth-order valence-electron chi connectivity index (χ4n) is 3.39. The number of hydrogen-bond donors (Lipinski definition) is 3. The first-order valence-corrected chi connectivity index (χ1v) is 13.9. The number of carbonyl (C=O) groups is 3. The Balaban J connectivity index is 0.000000457. The number of carbonyl (C=O) groups excluding carboxylic acids is 3. The SMILES string of the molecule is C=CCOC(=O)OC[C@@H](NC(=O)OC(C)(C)C)[C@H](F)c1ccccc1.CC(C)(C)OC(=O)N[C@H](CO)[C@H](F)c1ccccc1. The smallest absolute Gasteiger partial charge is 0.444 e. The Morgan fingerprint density at radius 1 is 0.773 bits per heavy atom. The standard InChI is InChI=1S/C18H24FNO5.C14H20FNO3/c1-5-11-23-17(22)24-12-14(20-16(21)25-18(2,3)4)15(19)13-9-7-6-8-10-13;1-14(2,3)19-13(18)16-11(9-17)12(15)10-7-5-4-6-8-10/h5-10,14-15H,1,11-12H2,2-4H3,(H,20,21);4-8,11-12,17H,9H2,1-3H3,(H,16,18)/t14-,15-;11-,12-/m11/s1. The van der Waals surface area contributed by atoms with Crippen LogP contribution in [0.25, 0.3) is 0 Å². The van der Waals surface area contributed by atoms with Crippen molar-refractivity contribution in [2.24, 2.45) is 0 Å². The molecule has 0 aliphatic rings. The van der Waals surface area contributed by atoms with Crippen molar-refractivity contribution >= 4 is 18.3 Å². The molecule has 2 rings (SSSR count). The summed E-state index contributed by atoms with van der Waals surface area (Å²) in [6, 6.07) is 14.4. The Labute approximate surface area is 257 Å². The lowest BCUT2D eigenvalue weighted by Gasteiger charge is -2.25. The molecular formula is C32H44F2N2O8. The third kappa shape index (κ3) is 15.9. The van der Waals surface area contributed by atoms with E-state index in [1.807, 2.05) is 0 Å². The van der Waals surface area contributed by atoms with Crippen LogP contribution in [0, 0.1) is 0 Å². The average molecular weight is 623 g/mol. The maximum absolute atomic E-state index is 14.8. The topological polar surface area (TPSA) is 132 Å². The molecular weight excluding hydrogens is 578 g/mol. The van der Waals surface area contributed by atoms with Gasteiger partial charge in [0.15, 0.2) is 0 Å². The summed E-state index contributed by atoms with van der Waals surface area (Å²) in [7, 11) is 0. The summed E-state index contributed by atoms with van der Waals surface area (Å²) in [5.41, 5.74) is -0.663. The lowest BCUT2D eigenvalue weighted by atomic mass is 10.0. The van der Waals surface area contributed by atoms with E-state index >= 15 is 0 Å². The van der Waals surface area contributed by atoms with Crippen molar-refractivity contribution in [3.05, 3.63) is 84.4 Å². The maximum Gasteiger partial charge on any atom is 0.508 e. The van der Waals surface area contributed by atoms with E-state index in [-0.39, 0.29) is 6.61 Å². The molecule has 2 aromatic carbocycles. The number of ether oxygens (including phenoxy) is 4. The number of nitrogens with one attached hydrogen (secondary N) is 2. The van der Waals surface area contributed by atoms with Crippen LogP contribution in [-0.2, 0) is 18.9 Å². The summed E-state index contributed by atoms with van der Waals surface area (Å²) in [6.45, 7) is 12.7. The van der Waals surface area contributed by atoms with Gasteiger partial charge in [-0.05, 0) is 52.7 Å². The normalized spacial score (nSPS) is 13.8. The van der Waals surface area contributed by atoms with Gasteiger partial charge in [-0.3, -0.25) is 0 Å². The third-order valence-electron chi connectivity index (χ3n) is 5.24. The monoisotopic (exact) mass is 622 g/mol. The molecule has 2 amide bonds. The molecule has 10 nitrogen and oxygen atoms in total. The zero-order valence-electron chi connectivity index (χ0n) is 26.0. The van der Waals surface area contributed by atoms with E-state index in [1.54, 1.807) is 102 Å². The lowest BCUT2D eigenvalue weighted by Crippen LogP contribution is -2.44. The van der Waals surface area contributed by atoms with E-state index in [0.717, 1.165) is 0 Å². The lowest BCUT2D eigenvalue weighted by molar-refractivity contribution is 0.0296. The van der Waals surface area contributed by atoms with Crippen molar-refractivity contribution in [3.8, 4) is 0 Å². The summed E-state index contributed by atoms with van der Waals surface area (Å²) in [4.78, 5) is 34.9. The number of rotatable bonds is 11. The van der Waals surface area contributed by atoms with Crippen molar-refractivity contribution in [2.75, 3.05) is 19.8 Å². The molecule has 44 heavy (non-hydrogen) atoms. The number of alkyl carbamates (subject to hydrolysis) is 2. The van der Waals surface area contributed by atoms with E-state index in [1.165, 1.54) is 6.08 Å². The predicted molar refractivity (Wildman–Crippen MR) is 161 cm³/mol. The molecule has 244 valence electrons. The molecule has 0 aliphatic heterocycles. The first-order valence-electron chi connectivity index (χ1n) is 13.9. The molecule has 0 saturated carbocycles. The van der Waals surface area contributed by atoms with Gasteiger partial charge in [0.1, 0.15) is 42.8 Å². The first-order chi connectivity index (χ1) is 20.6. The van der Waals surface area contributed by atoms with Crippen LogP contribution in [0.1, 0.15) is 65.0 Å². The van der Waals surface area contributed by atoms with Crippen LogP contribution in [0.3, 0.4) is 0 Å². The van der Waals surface area contributed by atoms with Crippen LogP contribution >= 0.6 is 0 Å². The van der Waals surface area contributed by atoms with E-state index < -0.39 is 67.2 Å². The highest BCUT2D eigenvalue weighted by molar-refractivity contribution is 5.68. The van der Waals surface area contributed by atoms with Crippen molar-refractivity contribution < 1.29 is 47.2 Å². The van der Waals surface area contributed by atoms with Gasteiger partial charge in [-0.15, -0.1) is 0 Å². The molecule has 12 heteroatoms. The maximum atomic E-state index is 14.8. The molecule has 3 N–H and O–H groups in total. The molecule has 0 saturated heterocycles. The van der Waals surface area contributed by atoms with Gasteiger partial charge in [0.05, 0.1) is 12.6 Å². The molecule has 0 radical (unpaired) electrons. The molecule has 0 aromatic heterocycles. The molecule has 0 fully saturated rings. The van der Waals surface area contributed by atoms with Crippen LogP contribution in [0.5, 0.6) is 0 Å². The Morgan fingerprint density at radius 3 is 1.57 bits per heavy atom. The number of amides is 2. The van der Waals surface area contributed by atoms with Crippen LogP contribution in [0.2, 0.25) is 0 Å². The zero-order chi connectivity index (χ0) is 33.3. The predicted octanol–water partition coefficient (Wildman–Crippen LogP) is 6.51. The second-order valence-corrected chi connectivity index (χ2v) is 11.5. The Hall–Kier alpha value is -4.19. The highest BCUT2D eigenvalue weighted by Crippen LogP contribution is 2.23. The molecule has 0 unspecified atom stereocenters. The number of alkyl halides is 2. The molecule has 2 aromatic rings. The van der Waals surface area contributed by atoms with E-state index in [9.17, 15) is 28.3 Å². The number of halogens is 2. The Bertz CT molecular complexity index is 1150. The van der Waals surface area contributed by atoms with E-state index in [0.29, 0.717) is 11.1 Å². The van der Waals surface area contributed by atoms with E-state index in [2.05, 4.69) is 21.9 Å². The van der Waals surface area contributed by atoms with Crippen LogP contribution in [0.15, 0.2) is 73.3 Å². The van der Waals surface area contributed by atoms with Gasteiger partial charge in [-0.1, -0.05) is 73.3 Å². The van der Waals surface area contributed by atoms with Gasteiger partial charge >= 0.3 is 18.3 Å². The van der Waals surface area contributed by atoms with Crippen LogP contribution in [-0.4, -0.2) is 66.6 Å². The van der Waals surface area contributed by atoms with Gasteiger partial charge in [-0.25, -0.2) is 23.2 Å². The summed E-state index contributed by atoms with van der Waals surface area (Å²) in [5, 5.41) is 13.9. The number of aliphatic hydroxyl groups excluding tert-OH is 1. The van der Waals surface area contributed by atoms with Crippen LogP contribution in [0.4, 0.5) is 23.2 Å². The Kier molecular flexibility index (Phi) is 15.9. The van der Waals surface area contributed by atoms with Gasteiger partial charge in [0, 0.05) is 0 Å². The van der Waals surface area contributed by atoms with Crippen molar-refractivity contribution in [1.82, 2.24) is 10.6 Å². The van der Waals surface area contributed by atoms with Gasteiger partial charge in [0.2, 0.25) is 0 Å². The largest absolute Gasteiger partial charge is 0.508 e. The summed E-state index contributed by atoms with van der Waals surface area (Å²) in [5.74, 6) is 0. The van der Waals surface area contributed by atoms with Gasteiger partial charge in [-0.2, -0.15) is 0 Å². The molecule has 0 bridgehead atoms. The highest BCUT2D eigenvalue weighted by atomic mass is 19.1. The number of aliphatic hydroxyl groups is 1. The second-order valence-electron chi connectivity index (χ2n) is 11.5. The quantitative estimate of drug-likeness (QED) is 0.147. The molecule has 0 spiro atoms. The minimum atomic E-state index is -1.60. The van der Waals surface area contributed by atoms with Crippen molar-refractivity contribution in [1.29, 1.82) is 0 Å². The minimum absolute atomic E-state index is 0.0271. The van der Waals surface area contributed by atoms with Gasteiger partial charge < -0.3 is 34.7 Å². The number of benzene rings is 2. The Morgan fingerprint density at radius 2 is 1.18 bits per heavy atom. The summed E-state index contributed by atoms with van der Waals surface area (Å²) in [6.07, 6.45) is -4.24. The van der Waals surface area contributed by atoms with Crippen molar-refractivity contribution in [2.45, 2.75) is 77.2 Å². The molecule has 0 aliphatic carbocycles. The third-order valence-corrected chi connectivity index (χ3v) is 5.24. The second kappa shape index (κ2) is 18.5. The summed E-state index contributed by atoms with van der Waals surface area (Å²) >= 11 is 0. The highest BCUT2D eigenvalue weighted by Gasteiger charge is 2.29. The minimum Gasteiger partial charge on any atom is -0.444 e. The fraction of sp³-hybridized carbons (Fsp3) is 0.469. The number of hydrogen-bond acceptors (Lipinski definition) is 8. The summed E-state index contributed by atoms with van der Waals surface area (Å²) < 4.78 is 48.6. The van der Waals surface area contributed by atoms with Crippen molar-refractivity contribution in [3.63, 3.8) is 0 Å². The van der Waals surface area contributed by atoms with Gasteiger partial charge in [0.25, 0.3) is 0 Å². The van der Waals surface area contributed by atoms with E-state index in [4.69, 9.17) is 14.2 Å². The average Bonchev–Trinajstić information content (AvgIpc) is 2.95. The molecule has 0 heterocycles. The van der Waals surface area contributed by atoms with Crippen LogP contribution < -0.4 is 10.6 Å².